The van der Waals surface area contributed by atoms with Crippen LogP contribution in [0.5, 0.6) is 0 Å². The lowest BCUT2D eigenvalue weighted by molar-refractivity contribution is -0.145. The molecule has 0 N–H and O–H groups in total. The van der Waals surface area contributed by atoms with Crippen LogP contribution in [0.25, 0.3) is 0 Å². The topological polar surface area (TPSA) is 44.1 Å². The van der Waals surface area contributed by atoms with Gasteiger partial charge in [-0.05, 0) is 42.7 Å². The molecule has 1 aliphatic heterocycles. The molecule has 0 atom stereocenters. The second-order valence-electron chi connectivity index (χ2n) is 6.27. The lowest BCUT2D eigenvalue weighted by atomic mass is 9.62. The van der Waals surface area contributed by atoms with Crippen molar-refractivity contribution < 1.29 is 4.79 Å². The lowest BCUT2D eigenvalue weighted by Gasteiger charge is -2.42. The number of hydrogen-bond donors (Lipinski definition) is 0. The molecular formula is C17H20N2O. The Labute approximate surface area is 120 Å². The van der Waals surface area contributed by atoms with Crippen LogP contribution in [0, 0.1) is 22.7 Å². The van der Waals surface area contributed by atoms with Crippen LogP contribution in [0.1, 0.15) is 30.9 Å². The molecule has 3 nitrogen and oxygen atoms in total. The van der Waals surface area contributed by atoms with E-state index in [1.54, 1.807) is 0 Å². The summed E-state index contributed by atoms with van der Waals surface area (Å²) in [5.74, 6) is 0.564. The maximum Gasteiger partial charge on any atom is 0.243 e. The first-order valence-corrected chi connectivity index (χ1v) is 7.42. The minimum Gasteiger partial charge on any atom is -0.341 e. The van der Waals surface area contributed by atoms with E-state index in [0.29, 0.717) is 5.92 Å². The summed E-state index contributed by atoms with van der Waals surface area (Å²) in [4.78, 5) is 14.6. The zero-order chi connectivity index (χ0) is 14.2. The fourth-order valence-electron chi connectivity index (χ4n) is 3.62. The number of fused-ring (bicyclic) bond motifs is 1. The van der Waals surface area contributed by atoms with Crippen molar-refractivity contribution >= 4 is 5.91 Å². The van der Waals surface area contributed by atoms with Crippen LogP contribution >= 0.6 is 0 Å². The summed E-state index contributed by atoms with van der Waals surface area (Å²) in [6, 6.07) is 10.7. The fraction of sp³-hybridized carbons (Fsp3) is 0.529. The summed E-state index contributed by atoms with van der Waals surface area (Å²) < 4.78 is 0. The molecule has 0 radical (unpaired) electrons. The molecule has 1 aromatic carbocycles. The normalized spacial score (nSPS) is 28.8. The minimum atomic E-state index is -0.726. The first kappa shape index (κ1) is 13.2. The minimum absolute atomic E-state index is 0.0610. The Morgan fingerprint density at radius 2 is 1.80 bits per heavy atom. The van der Waals surface area contributed by atoms with Gasteiger partial charge in [0.25, 0.3) is 0 Å². The van der Waals surface area contributed by atoms with Crippen LogP contribution in [-0.2, 0) is 17.6 Å². The third-order valence-electron chi connectivity index (χ3n) is 4.72. The molecular weight excluding hydrogens is 248 g/mol. The van der Waals surface area contributed by atoms with E-state index in [9.17, 15) is 10.1 Å². The van der Waals surface area contributed by atoms with Crippen molar-refractivity contribution in [2.45, 2.75) is 32.6 Å². The van der Waals surface area contributed by atoms with Gasteiger partial charge in [-0.25, -0.2) is 0 Å². The number of carbonyl (C=O) groups excluding carboxylic acids is 1. The van der Waals surface area contributed by atoms with Gasteiger partial charge in [-0.2, -0.15) is 5.26 Å². The van der Waals surface area contributed by atoms with Gasteiger partial charge < -0.3 is 4.90 Å². The van der Waals surface area contributed by atoms with E-state index in [2.05, 4.69) is 37.3 Å². The Hall–Kier alpha value is -1.82. The van der Waals surface area contributed by atoms with E-state index in [0.717, 1.165) is 38.8 Å². The molecule has 1 saturated carbocycles. The predicted octanol–water partition coefficient (Wildman–Crippen LogP) is 2.55. The molecule has 1 aliphatic carbocycles. The first-order chi connectivity index (χ1) is 9.64. The molecule has 0 bridgehead atoms. The third kappa shape index (κ3) is 2.10. The van der Waals surface area contributed by atoms with Crippen molar-refractivity contribution in [3.8, 4) is 6.07 Å². The summed E-state index contributed by atoms with van der Waals surface area (Å²) in [5.41, 5.74) is 1.96. The molecule has 1 amide bonds. The van der Waals surface area contributed by atoms with E-state index >= 15 is 0 Å². The number of nitriles is 1. The van der Waals surface area contributed by atoms with E-state index in [-0.39, 0.29) is 5.91 Å². The predicted molar refractivity (Wildman–Crippen MR) is 76.9 cm³/mol. The molecule has 2 aliphatic rings. The van der Waals surface area contributed by atoms with E-state index in [4.69, 9.17) is 0 Å². The van der Waals surface area contributed by atoms with Gasteiger partial charge in [-0.15, -0.1) is 0 Å². The maximum atomic E-state index is 12.7. The molecule has 104 valence electrons. The highest BCUT2D eigenvalue weighted by Gasteiger charge is 2.50. The number of nitrogens with zero attached hydrogens (tertiary/aromatic N) is 2. The average Bonchev–Trinajstić information content (AvgIpc) is 2.65. The fourth-order valence-corrected chi connectivity index (χ4v) is 3.62. The van der Waals surface area contributed by atoms with Crippen molar-refractivity contribution in [3.63, 3.8) is 0 Å². The Morgan fingerprint density at radius 1 is 1.25 bits per heavy atom. The van der Waals surface area contributed by atoms with Crippen molar-refractivity contribution in [1.29, 1.82) is 5.26 Å². The van der Waals surface area contributed by atoms with Crippen LogP contribution < -0.4 is 0 Å². The van der Waals surface area contributed by atoms with Crippen molar-refractivity contribution in [3.05, 3.63) is 35.4 Å². The number of hydrogen-bond acceptors (Lipinski definition) is 2. The van der Waals surface area contributed by atoms with Gasteiger partial charge in [-0.3, -0.25) is 4.79 Å². The molecule has 0 unspecified atom stereocenters. The van der Waals surface area contributed by atoms with Gasteiger partial charge in [0.2, 0.25) is 5.91 Å². The monoisotopic (exact) mass is 268 g/mol. The van der Waals surface area contributed by atoms with Crippen molar-refractivity contribution in [2.24, 2.45) is 11.3 Å². The highest BCUT2D eigenvalue weighted by atomic mass is 16.2. The highest BCUT2D eigenvalue weighted by molar-refractivity contribution is 5.86. The van der Waals surface area contributed by atoms with Crippen LogP contribution in [0.2, 0.25) is 0 Å². The quantitative estimate of drug-likeness (QED) is 0.785. The zero-order valence-electron chi connectivity index (χ0n) is 11.9. The highest BCUT2D eigenvalue weighted by Crippen LogP contribution is 2.46. The summed E-state index contributed by atoms with van der Waals surface area (Å²) in [7, 11) is 0. The number of carbonyl (C=O) groups is 1. The summed E-state index contributed by atoms with van der Waals surface area (Å²) >= 11 is 0. The van der Waals surface area contributed by atoms with Crippen LogP contribution in [-0.4, -0.2) is 23.9 Å². The molecule has 3 rings (SSSR count). The number of benzene rings is 1. The SMILES string of the molecule is CC1CC(C#N)(C(=O)N2CCc3ccccc3CC2)C1. The molecule has 0 spiro atoms. The lowest BCUT2D eigenvalue weighted by Crippen LogP contribution is -2.50. The first-order valence-electron chi connectivity index (χ1n) is 7.42. The van der Waals surface area contributed by atoms with Crippen LogP contribution in [0.3, 0.4) is 0 Å². The molecule has 1 aromatic rings. The van der Waals surface area contributed by atoms with Gasteiger partial charge in [0.15, 0.2) is 0 Å². The van der Waals surface area contributed by atoms with Gasteiger partial charge in [0.05, 0.1) is 6.07 Å². The van der Waals surface area contributed by atoms with Gasteiger partial charge in [-0.1, -0.05) is 31.2 Å². The standard InChI is InChI=1S/C17H20N2O/c1-13-10-17(11-13,12-18)16(20)19-8-6-14-4-2-3-5-15(14)7-9-19/h2-5,13H,6-11H2,1H3. The van der Waals surface area contributed by atoms with Crippen molar-refractivity contribution in [1.82, 2.24) is 4.90 Å². The number of amides is 1. The van der Waals surface area contributed by atoms with E-state index in [1.807, 2.05) is 4.90 Å². The Morgan fingerprint density at radius 3 is 2.25 bits per heavy atom. The second kappa shape index (κ2) is 4.94. The molecule has 3 heteroatoms. The molecule has 0 saturated heterocycles. The molecule has 0 aromatic heterocycles. The second-order valence-corrected chi connectivity index (χ2v) is 6.27. The summed E-state index contributed by atoms with van der Waals surface area (Å²) in [6.07, 6.45) is 3.26. The summed E-state index contributed by atoms with van der Waals surface area (Å²) in [6.45, 7) is 3.60. The Kier molecular flexibility index (Phi) is 3.25. The Balaban J connectivity index is 1.74. The smallest absolute Gasteiger partial charge is 0.243 e. The van der Waals surface area contributed by atoms with E-state index < -0.39 is 5.41 Å². The zero-order valence-corrected chi connectivity index (χ0v) is 11.9. The van der Waals surface area contributed by atoms with Crippen LogP contribution in [0.4, 0.5) is 0 Å². The van der Waals surface area contributed by atoms with Crippen molar-refractivity contribution in [2.75, 3.05) is 13.1 Å². The maximum absolute atomic E-state index is 12.7. The van der Waals surface area contributed by atoms with E-state index in [1.165, 1.54) is 11.1 Å². The van der Waals surface area contributed by atoms with Crippen LogP contribution in [0.15, 0.2) is 24.3 Å². The largest absolute Gasteiger partial charge is 0.341 e. The van der Waals surface area contributed by atoms with Gasteiger partial charge >= 0.3 is 0 Å². The molecule has 1 fully saturated rings. The third-order valence-corrected chi connectivity index (χ3v) is 4.72. The van der Waals surface area contributed by atoms with Gasteiger partial charge in [0.1, 0.15) is 5.41 Å². The Bertz CT molecular complexity index is 540. The average molecular weight is 268 g/mol. The molecule has 1 heterocycles. The molecule has 20 heavy (non-hydrogen) atoms. The van der Waals surface area contributed by atoms with Gasteiger partial charge in [0, 0.05) is 13.1 Å². The summed E-state index contributed by atoms with van der Waals surface area (Å²) in [5, 5.41) is 9.40. The number of rotatable bonds is 1.